The van der Waals surface area contributed by atoms with Gasteiger partial charge in [0.15, 0.2) is 0 Å². The first-order valence-electron chi connectivity index (χ1n) is 17.2. The molecule has 0 radical (unpaired) electrons. The molecule has 0 aliphatic rings. The van der Waals surface area contributed by atoms with Gasteiger partial charge < -0.3 is 23.4 Å². The fourth-order valence-electron chi connectivity index (χ4n) is 7.02. The number of imidazole rings is 2. The van der Waals surface area contributed by atoms with Crippen LogP contribution in [0.5, 0.6) is 0 Å². The molecule has 50 heavy (non-hydrogen) atoms. The number of benzene rings is 2. The van der Waals surface area contributed by atoms with Crippen LogP contribution in [0.25, 0.3) is 22.1 Å². The summed E-state index contributed by atoms with van der Waals surface area (Å²) in [6, 6.07) is 17.2. The summed E-state index contributed by atoms with van der Waals surface area (Å²) in [7, 11) is 3.83. The van der Waals surface area contributed by atoms with Gasteiger partial charge in [0.1, 0.15) is 11.4 Å². The first-order valence-corrected chi connectivity index (χ1v) is 17.2. The van der Waals surface area contributed by atoms with Gasteiger partial charge in [0.25, 0.3) is 11.8 Å². The molecule has 13 heteroatoms. The van der Waals surface area contributed by atoms with Crippen molar-refractivity contribution in [2.45, 2.75) is 86.2 Å². The van der Waals surface area contributed by atoms with E-state index in [2.05, 4.69) is 49.2 Å². The average Bonchev–Trinajstić information content (AvgIpc) is 3.84. The lowest BCUT2D eigenvalue weighted by Crippen LogP contribution is -2.30. The molecule has 0 aliphatic heterocycles. The van der Waals surface area contributed by atoms with E-state index < -0.39 is 0 Å². The summed E-state index contributed by atoms with van der Waals surface area (Å²) in [5.41, 5.74) is 7.88. The van der Waals surface area contributed by atoms with Crippen LogP contribution in [-0.2, 0) is 33.8 Å². The third kappa shape index (κ3) is 6.06. The summed E-state index contributed by atoms with van der Waals surface area (Å²) >= 11 is 0. The second-order valence-corrected chi connectivity index (χ2v) is 13.0. The number of nitrogens with zero attached hydrogens (tertiary/aromatic N) is 10. The second kappa shape index (κ2) is 13.9. The van der Waals surface area contributed by atoms with Crippen LogP contribution in [-0.4, -0.2) is 54.8 Å². The maximum absolute atomic E-state index is 13.7. The summed E-state index contributed by atoms with van der Waals surface area (Å²) in [5.74, 6) is -0.717. The fraction of sp³-hybridized carbons (Fsp3) is 0.405. The van der Waals surface area contributed by atoms with Gasteiger partial charge >= 0.3 is 0 Å². The van der Waals surface area contributed by atoms with E-state index in [0.717, 1.165) is 45.4 Å². The predicted molar refractivity (Wildman–Crippen MR) is 191 cm³/mol. The van der Waals surface area contributed by atoms with Gasteiger partial charge in [-0.3, -0.25) is 19.0 Å². The number of aryl methyl sites for hydroxylation is 6. The molecular formula is C37H46N10O3. The summed E-state index contributed by atoms with van der Waals surface area (Å²) in [6.45, 7) is 12.9. The van der Waals surface area contributed by atoms with Gasteiger partial charge in [-0.25, -0.2) is 0 Å². The molecule has 0 bridgehead atoms. The highest BCUT2D eigenvalue weighted by atomic mass is 16.3. The van der Waals surface area contributed by atoms with Crippen molar-refractivity contribution in [1.82, 2.24) is 37.8 Å². The molecule has 4 aromatic heterocycles. The maximum Gasteiger partial charge on any atom is 0.298 e. The maximum atomic E-state index is 13.7. The third-order valence-electron chi connectivity index (χ3n) is 9.53. The normalized spacial score (nSPS) is 13.9. The first kappa shape index (κ1) is 34.6. The van der Waals surface area contributed by atoms with Crippen molar-refractivity contribution < 1.29 is 14.7 Å². The largest absolute Gasteiger partial charge is 0.392 e. The molecule has 6 rings (SSSR count). The Kier molecular flexibility index (Phi) is 9.61. The molecule has 0 spiro atoms. The van der Waals surface area contributed by atoms with Crippen LogP contribution >= 0.6 is 0 Å². The highest BCUT2D eigenvalue weighted by Crippen LogP contribution is 2.27. The molecule has 13 nitrogen and oxygen atoms in total. The predicted octanol–water partition coefficient (Wildman–Crippen LogP) is 4.90. The zero-order valence-corrected chi connectivity index (χ0v) is 30.1. The lowest BCUT2D eigenvalue weighted by Gasteiger charge is -2.20. The van der Waals surface area contributed by atoms with E-state index in [4.69, 9.17) is 0 Å². The minimum absolute atomic E-state index is 0.0512. The van der Waals surface area contributed by atoms with Gasteiger partial charge in [-0.05, 0) is 84.7 Å². The standard InChI is InChI=1S/C37H46N10O3/c1-9-44-31(20-23(3)40-44)34(49)38-36-42(7)28-15-11-12-16-29(28)46(36)25(5)18-19-26(6)47-33-27(22-48)14-13-17-30(33)43(8)37(47)39-35(50)32-21-24(4)41-45(32)10-2/h11-17,20-21,25-26,48H,9-10,18-19,22H2,1-8H3/b38-36+,39-37+/t25-,26+/m1/s1. The van der Waals surface area contributed by atoms with Crippen molar-refractivity contribution in [1.29, 1.82) is 0 Å². The first-order chi connectivity index (χ1) is 24.0. The van der Waals surface area contributed by atoms with Crippen LogP contribution in [0.2, 0.25) is 0 Å². The minimum atomic E-state index is -0.375. The highest BCUT2D eigenvalue weighted by molar-refractivity contribution is 5.94. The Bertz CT molecular complexity index is 2380. The van der Waals surface area contributed by atoms with Crippen LogP contribution in [0.4, 0.5) is 0 Å². The Labute approximate surface area is 290 Å². The molecule has 0 saturated heterocycles. The van der Waals surface area contributed by atoms with Gasteiger partial charge in [0.2, 0.25) is 11.2 Å². The zero-order chi connectivity index (χ0) is 35.9. The Morgan fingerprint density at radius 1 is 0.720 bits per heavy atom. The number of aliphatic hydroxyl groups is 1. The number of para-hydroxylation sites is 3. The molecule has 0 fully saturated rings. The van der Waals surface area contributed by atoms with Crippen LogP contribution in [0.1, 0.15) is 90.5 Å². The van der Waals surface area contributed by atoms with Crippen molar-refractivity contribution >= 4 is 33.9 Å². The number of carbonyl (C=O) groups excluding carboxylic acids is 2. The Balaban J connectivity index is 1.41. The van der Waals surface area contributed by atoms with Crippen LogP contribution < -0.4 is 11.2 Å². The van der Waals surface area contributed by atoms with Gasteiger partial charge in [-0.2, -0.15) is 20.2 Å². The number of hydrogen-bond donors (Lipinski definition) is 1. The molecule has 1 N–H and O–H groups in total. The zero-order valence-electron chi connectivity index (χ0n) is 30.1. The van der Waals surface area contributed by atoms with E-state index >= 15 is 0 Å². The molecule has 2 amide bonds. The number of rotatable bonds is 10. The number of fused-ring (bicyclic) bond motifs is 2. The van der Waals surface area contributed by atoms with E-state index in [0.29, 0.717) is 42.1 Å². The van der Waals surface area contributed by atoms with Crippen LogP contribution in [0.3, 0.4) is 0 Å². The molecule has 0 unspecified atom stereocenters. The number of aliphatic hydroxyl groups excluding tert-OH is 1. The van der Waals surface area contributed by atoms with E-state index in [-0.39, 0.29) is 30.5 Å². The fourth-order valence-corrected chi connectivity index (χ4v) is 7.02. The SMILES string of the molecule is CCn1nc(C)cc1C(=O)/N=c1\n(C)c2ccccc2n1[C@H](C)CC[C@H](C)n1/c(=N/C(=O)c2cc(C)nn2CC)n(C)c2cccc(CO)c21. The molecule has 0 saturated carbocycles. The number of carbonyl (C=O) groups is 2. The van der Waals surface area contributed by atoms with Crippen molar-refractivity contribution in [3.05, 3.63) is 94.2 Å². The van der Waals surface area contributed by atoms with Crippen molar-refractivity contribution in [2.24, 2.45) is 24.1 Å². The molecule has 2 atom stereocenters. The molecule has 262 valence electrons. The monoisotopic (exact) mass is 678 g/mol. The Morgan fingerprint density at radius 3 is 1.74 bits per heavy atom. The number of hydrogen-bond acceptors (Lipinski definition) is 5. The summed E-state index contributed by atoms with van der Waals surface area (Å²) < 4.78 is 11.4. The van der Waals surface area contributed by atoms with Gasteiger partial charge in [0.05, 0.1) is 40.1 Å². The van der Waals surface area contributed by atoms with Gasteiger partial charge in [0, 0.05) is 44.8 Å². The molecule has 2 aromatic carbocycles. The summed E-state index contributed by atoms with van der Waals surface area (Å²) in [4.78, 5) is 36.6. The van der Waals surface area contributed by atoms with Crippen molar-refractivity contribution in [3.8, 4) is 0 Å². The topological polar surface area (TPSA) is 134 Å². The second-order valence-electron chi connectivity index (χ2n) is 13.0. The highest BCUT2D eigenvalue weighted by Gasteiger charge is 2.23. The molecular weight excluding hydrogens is 632 g/mol. The Morgan fingerprint density at radius 2 is 1.20 bits per heavy atom. The number of amides is 2. The Hall–Kier alpha value is -5.30. The van der Waals surface area contributed by atoms with E-state index in [1.807, 2.05) is 87.3 Å². The van der Waals surface area contributed by atoms with Crippen molar-refractivity contribution in [2.75, 3.05) is 0 Å². The lowest BCUT2D eigenvalue weighted by atomic mass is 10.1. The van der Waals surface area contributed by atoms with E-state index in [9.17, 15) is 14.7 Å². The van der Waals surface area contributed by atoms with Crippen LogP contribution in [0, 0.1) is 13.8 Å². The summed E-state index contributed by atoms with van der Waals surface area (Å²) in [6.07, 6.45) is 1.43. The molecule has 6 aromatic rings. The van der Waals surface area contributed by atoms with Crippen molar-refractivity contribution in [3.63, 3.8) is 0 Å². The minimum Gasteiger partial charge on any atom is -0.392 e. The quantitative estimate of drug-likeness (QED) is 0.220. The third-order valence-corrected chi connectivity index (χ3v) is 9.53. The molecule has 0 aliphatic carbocycles. The number of aromatic nitrogens is 8. The van der Waals surface area contributed by atoms with Gasteiger partial charge in [-0.15, -0.1) is 0 Å². The lowest BCUT2D eigenvalue weighted by molar-refractivity contribution is 0.0977. The van der Waals surface area contributed by atoms with Crippen LogP contribution in [0.15, 0.2) is 64.6 Å². The summed E-state index contributed by atoms with van der Waals surface area (Å²) in [5, 5.41) is 19.3. The van der Waals surface area contributed by atoms with E-state index in [1.165, 1.54) is 0 Å². The smallest absolute Gasteiger partial charge is 0.298 e. The van der Waals surface area contributed by atoms with E-state index in [1.54, 1.807) is 21.5 Å². The average molecular weight is 679 g/mol. The molecule has 4 heterocycles. The van der Waals surface area contributed by atoms with Gasteiger partial charge in [-0.1, -0.05) is 24.3 Å².